The topological polar surface area (TPSA) is 50.2 Å². The van der Waals surface area contributed by atoms with E-state index in [-0.39, 0.29) is 4.60 Å². The number of aliphatic carboxylic acids is 1. The maximum atomic E-state index is 13.2. The lowest BCUT2D eigenvalue weighted by Crippen LogP contribution is -2.19. The molecule has 0 spiro atoms. The van der Waals surface area contributed by atoms with Gasteiger partial charge in [0.1, 0.15) is 11.0 Å². The van der Waals surface area contributed by atoms with E-state index >= 15 is 0 Å². The van der Waals surface area contributed by atoms with E-state index in [4.69, 9.17) is 5.11 Å². The second kappa shape index (κ2) is 4.00. The molecule has 0 saturated carbocycles. The van der Waals surface area contributed by atoms with E-state index in [1.807, 2.05) is 0 Å². The number of pyridine rings is 1. The first kappa shape index (κ1) is 11.0. The molecule has 14 heavy (non-hydrogen) atoms. The smallest absolute Gasteiger partial charge is 0.309 e. The lowest BCUT2D eigenvalue weighted by atomic mass is 10.1. The van der Waals surface area contributed by atoms with Gasteiger partial charge in [-0.3, -0.25) is 4.79 Å². The number of halogens is 3. The highest BCUT2D eigenvalue weighted by Crippen LogP contribution is 2.35. The van der Waals surface area contributed by atoms with E-state index < -0.39 is 23.9 Å². The molecule has 0 atom stereocenters. The minimum absolute atomic E-state index is 0.0359. The summed E-state index contributed by atoms with van der Waals surface area (Å²) in [6.07, 6.45) is 0.0989. The van der Waals surface area contributed by atoms with Crippen molar-refractivity contribution >= 4 is 21.9 Å². The minimum atomic E-state index is -3.40. The number of rotatable bonds is 3. The first-order valence-corrected chi connectivity index (χ1v) is 4.43. The first-order chi connectivity index (χ1) is 6.43. The van der Waals surface area contributed by atoms with E-state index in [1.165, 1.54) is 12.3 Å². The van der Waals surface area contributed by atoms with Crippen molar-refractivity contribution in [3.05, 3.63) is 28.5 Å². The van der Waals surface area contributed by atoms with Crippen molar-refractivity contribution < 1.29 is 18.7 Å². The fourth-order valence-corrected chi connectivity index (χ4v) is 1.48. The van der Waals surface area contributed by atoms with Crippen molar-refractivity contribution in [2.75, 3.05) is 0 Å². The molecule has 6 heteroatoms. The monoisotopic (exact) mass is 265 g/mol. The lowest BCUT2D eigenvalue weighted by Gasteiger charge is -2.14. The van der Waals surface area contributed by atoms with E-state index in [1.54, 1.807) is 0 Å². The summed E-state index contributed by atoms with van der Waals surface area (Å²) in [5.41, 5.74) is -0.414. The molecule has 0 bridgehead atoms. The SMILES string of the molecule is O=C(O)CC(F)(F)c1cccnc1Br. The largest absolute Gasteiger partial charge is 0.481 e. The predicted octanol–water partition coefficient (Wildman–Crippen LogP) is 2.41. The Balaban J connectivity index is 3.03. The summed E-state index contributed by atoms with van der Waals surface area (Å²) in [6, 6.07) is 2.47. The lowest BCUT2D eigenvalue weighted by molar-refractivity contribution is -0.145. The molecule has 76 valence electrons. The van der Waals surface area contributed by atoms with Crippen LogP contribution in [-0.2, 0) is 10.7 Å². The number of nitrogens with zero attached hydrogens (tertiary/aromatic N) is 1. The molecule has 1 aromatic rings. The Morgan fingerprint density at radius 1 is 1.64 bits per heavy atom. The van der Waals surface area contributed by atoms with Crippen molar-refractivity contribution in [3.8, 4) is 0 Å². The van der Waals surface area contributed by atoms with Crippen molar-refractivity contribution in [3.63, 3.8) is 0 Å². The summed E-state index contributed by atoms with van der Waals surface area (Å²) in [6.45, 7) is 0. The highest BCUT2D eigenvalue weighted by atomic mass is 79.9. The molecule has 0 unspecified atom stereocenters. The number of carbonyl (C=O) groups is 1. The average Bonchev–Trinajstić information content (AvgIpc) is 2.02. The fraction of sp³-hybridized carbons (Fsp3) is 0.250. The normalized spacial score (nSPS) is 11.4. The molecule has 0 saturated heterocycles. The number of carboxylic acids is 1. The van der Waals surface area contributed by atoms with Gasteiger partial charge in [0.05, 0.1) is 5.56 Å². The molecule has 0 fully saturated rings. The molecule has 0 aromatic carbocycles. The van der Waals surface area contributed by atoms with Gasteiger partial charge in [-0.2, -0.15) is 0 Å². The van der Waals surface area contributed by atoms with E-state index in [0.29, 0.717) is 0 Å². The van der Waals surface area contributed by atoms with Crippen LogP contribution in [0.5, 0.6) is 0 Å². The first-order valence-electron chi connectivity index (χ1n) is 3.64. The van der Waals surface area contributed by atoms with E-state index in [0.717, 1.165) is 6.07 Å². The Kier molecular flexibility index (Phi) is 3.15. The van der Waals surface area contributed by atoms with Crippen LogP contribution in [0.25, 0.3) is 0 Å². The zero-order chi connectivity index (χ0) is 10.8. The van der Waals surface area contributed by atoms with Crippen molar-refractivity contribution in [2.45, 2.75) is 12.3 Å². The highest BCUT2D eigenvalue weighted by molar-refractivity contribution is 9.10. The Morgan fingerprint density at radius 3 is 2.79 bits per heavy atom. The van der Waals surface area contributed by atoms with Gasteiger partial charge in [0, 0.05) is 6.20 Å². The number of hydrogen-bond acceptors (Lipinski definition) is 2. The van der Waals surface area contributed by atoms with Crippen molar-refractivity contribution in [1.29, 1.82) is 0 Å². The number of alkyl halides is 2. The van der Waals surface area contributed by atoms with Crippen LogP contribution in [0.1, 0.15) is 12.0 Å². The van der Waals surface area contributed by atoms with Gasteiger partial charge in [-0.25, -0.2) is 13.8 Å². The van der Waals surface area contributed by atoms with Crippen LogP contribution in [0.2, 0.25) is 0 Å². The van der Waals surface area contributed by atoms with Gasteiger partial charge in [0.15, 0.2) is 0 Å². The summed E-state index contributed by atoms with van der Waals surface area (Å²) < 4.78 is 26.4. The molecule has 1 N–H and O–H groups in total. The molecule has 1 heterocycles. The third kappa shape index (κ3) is 2.47. The van der Waals surface area contributed by atoms with Gasteiger partial charge in [-0.1, -0.05) is 0 Å². The van der Waals surface area contributed by atoms with Gasteiger partial charge in [0.25, 0.3) is 5.92 Å². The Bertz CT molecular complexity index is 357. The summed E-state index contributed by atoms with van der Waals surface area (Å²) in [4.78, 5) is 13.8. The third-order valence-electron chi connectivity index (χ3n) is 1.53. The second-order valence-electron chi connectivity index (χ2n) is 2.62. The maximum absolute atomic E-state index is 13.2. The zero-order valence-electron chi connectivity index (χ0n) is 6.88. The van der Waals surface area contributed by atoms with Gasteiger partial charge in [0.2, 0.25) is 0 Å². The molecule has 1 rings (SSSR count). The number of aromatic nitrogens is 1. The van der Waals surface area contributed by atoms with Crippen LogP contribution < -0.4 is 0 Å². The molecule has 0 aliphatic heterocycles. The molecule has 0 aliphatic carbocycles. The van der Waals surface area contributed by atoms with Crippen molar-refractivity contribution in [2.24, 2.45) is 0 Å². The number of carboxylic acid groups (broad SMARTS) is 1. The summed E-state index contributed by atoms with van der Waals surface area (Å²) >= 11 is 2.84. The van der Waals surface area contributed by atoms with Crippen LogP contribution in [0.4, 0.5) is 8.78 Å². The van der Waals surface area contributed by atoms with Crippen LogP contribution in [-0.4, -0.2) is 16.1 Å². The Hall–Kier alpha value is -1.04. The van der Waals surface area contributed by atoms with Gasteiger partial charge >= 0.3 is 5.97 Å². The van der Waals surface area contributed by atoms with E-state index in [2.05, 4.69) is 20.9 Å². The molecule has 1 aromatic heterocycles. The van der Waals surface area contributed by atoms with Gasteiger partial charge in [-0.15, -0.1) is 0 Å². The van der Waals surface area contributed by atoms with Gasteiger partial charge in [-0.05, 0) is 28.1 Å². The van der Waals surface area contributed by atoms with Crippen LogP contribution in [0.15, 0.2) is 22.9 Å². The highest BCUT2D eigenvalue weighted by Gasteiger charge is 2.36. The van der Waals surface area contributed by atoms with Crippen LogP contribution >= 0.6 is 15.9 Å². The second-order valence-corrected chi connectivity index (χ2v) is 3.37. The molecule has 0 amide bonds. The average molecular weight is 266 g/mol. The van der Waals surface area contributed by atoms with Gasteiger partial charge < -0.3 is 5.11 Å². The Labute approximate surface area is 86.9 Å². The van der Waals surface area contributed by atoms with Crippen molar-refractivity contribution in [1.82, 2.24) is 4.98 Å². The fourth-order valence-electron chi connectivity index (χ4n) is 0.944. The molecular weight excluding hydrogens is 260 g/mol. The summed E-state index contributed by atoms with van der Waals surface area (Å²) in [5.74, 6) is -4.95. The zero-order valence-corrected chi connectivity index (χ0v) is 8.46. The van der Waals surface area contributed by atoms with E-state index in [9.17, 15) is 13.6 Å². The molecule has 0 radical (unpaired) electrons. The maximum Gasteiger partial charge on any atom is 0.309 e. The minimum Gasteiger partial charge on any atom is -0.481 e. The third-order valence-corrected chi connectivity index (χ3v) is 2.16. The quantitative estimate of drug-likeness (QED) is 0.854. The standard InChI is InChI=1S/C8H6BrF2NO2/c9-7-5(2-1-3-12-7)8(10,11)4-6(13)14/h1-3H,4H2,(H,13,14). The van der Waals surface area contributed by atoms with Crippen LogP contribution in [0.3, 0.4) is 0 Å². The molecular formula is C8H6BrF2NO2. The van der Waals surface area contributed by atoms with Crippen LogP contribution in [0, 0.1) is 0 Å². The summed E-state index contributed by atoms with van der Waals surface area (Å²) in [5, 5.41) is 8.29. The molecule has 0 aliphatic rings. The predicted molar refractivity (Wildman–Crippen MR) is 48.1 cm³/mol. The number of hydrogen-bond donors (Lipinski definition) is 1. The molecule has 3 nitrogen and oxygen atoms in total. The summed E-state index contributed by atoms with van der Waals surface area (Å²) in [7, 11) is 0. The Morgan fingerprint density at radius 2 is 2.29 bits per heavy atom.